The van der Waals surface area contributed by atoms with Crippen molar-refractivity contribution in [3.05, 3.63) is 59.3 Å². The summed E-state index contributed by atoms with van der Waals surface area (Å²) in [5.41, 5.74) is 0.436. The van der Waals surface area contributed by atoms with Crippen molar-refractivity contribution in [2.45, 2.75) is 178 Å². The highest BCUT2D eigenvalue weighted by Crippen LogP contribution is 2.48. The van der Waals surface area contributed by atoms with Crippen LogP contribution in [0.4, 0.5) is 0 Å². The van der Waals surface area contributed by atoms with Gasteiger partial charge >= 0.3 is 5.97 Å². The van der Waals surface area contributed by atoms with Crippen LogP contribution in [0, 0.1) is 35.5 Å². The second-order valence-electron chi connectivity index (χ2n) is 19.5. The largest absolute Gasteiger partial charge is 0.462 e. The molecule has 5 unspecified atom stereocenters. The third-order valence-electron chi connectivity index (χ3n) is 15.5. The maximum Gasteiger partial charge on any atom is 0.316 e. The van der Waals surface area contributed by atoms with Crippen molar-refractivity contribution in [3.8, 4) is 0 Å². The van der Waals surface area contributed by atoms with E-state index in [-0.39, 0.29) is 85.0 Å². The number of allylic oxidation sites excluding steroid dienone is 3. The van der Waals surface area contributed by atoms with Gasteiger partial charge in [-0.1, -0.05) is 69.2 Å². The van der Waals surface area contributed by atoms with Crippen LogP contribution in [-0.4, -0.2) is 122 Å². The minimum Gasteiger partial charge on any atom is -0.462 e. The van der Waals surface area contributed by atoms with Crippen molar-refractivity contribution in [2.75, 3.05) is 27.4 Å². The molecule has 2 bridgehead atoms. The van der Waals surface area contributed by atoms with Crippen LogP contribution in [-0.2, 0) is 47.5 Å². The number of carbonyl (C=O) groups is 1. The zero-order chi connectivity index (χ0) is 44.5. The average molecular weight is 870 g/mol. The fraction of sp³-hybridized carbons (Fsp3) is 0.776. The molecule has 1 aliphatic carbocycles. The standard InChI is InChI=1S/C49H75NO12/c1-10-27(2)44-29(4)17-19-48(61-44)25-36-23-35(60-48)16-15-28(3)37(14-12-11-13-34-26-56-46-43(51)30(5)21-38(47(52)59-36)49(34,46)53)39-24-40(55-9)42(31(6)57-39)41-22-33(18-20-54-8)45(62-50)32(7)58-41/h11-13,15,17,19,21,27,29,31-33,35-46,51,53H,10,14,16,18,20,22-26,50H2,1-9H3/b12-11+,28-15+,34-13+/t27?,29-,31-,32-,33-,35+,36-,37-,38-,39?,40-,41+,42?,43?,44+,45?,46+,48+,49+/m0/s1. The van der Waals surface area contributed by atoms with E-state index < -0.39 is 41.6 Å². The molecule has 4 saturated heterocycles. The van der Waals surface area contributed by atoms with Gasteiger partial charge in [-0.15, -0.1) is 0 Å². The molecule has 7 aliphatic rings. The number of nitrogens with two attached hydrogens (primary N) is 1. The first kappa shape index (κ1) is 47.7. The molecule has 19 atom stereocenters. The zero-order valence-corrected chi connectivity index (χ0v) is 38.5. The molecule has 0 saturated carbocycles. The average Bonchev–Trinajstić information content (AvgIpc) is 3.59. The van der Waals surface area contributed by atoms with Gasteiger partial charge in [0.15, 0.2) is 5.79 Å². The predicted molar refractivity (Wildman–Crippen MR) is 232 cm³/mol. The van der Waals surface area contributed by atoms with Crippen LogP contribution in [0.5, 0.6) is 0 Å². The van der Waals surface area contributed by atoms with Crippen molar-refractivity contribution < 1.29 is 57.7 Å². The molecule has 4 N–H and O–H groups in total. The summed E-state index contributed by atoms with van der Waals surface area (Å²) in [7, 11) is 3.49. The molecule has 7 rings (SSSR count). The Bertz CT molecular complexity index is 1710. The second kappa shape index (κ2) is 20.1. The normalized spacial score (nSPS) is 47.9. The molecule has 348 valence electrons. The highest BCUT2D eigenvalue weighted by atomic mass is 16.7. The van der Waals surface area contributed by atoms with Gasteiger partial charge in [0.1, 0.15) is 35.9 Å². The van der Waals surface area contributed by atoms with Gasteiger partial charge < -0.3 is 48.1 Å². The number of rotatable bonds is 9. The number of ether oxygens (including phenoxy) is 8. The number of hydrogen-bond donors (Lipinski definition) is 3. The van der Waals surface area contributed by atoms with Crippen LogP contribution in [0.15, 0.2) is 59.3 Å². The molecule has 0 amide bonds. The Balaban J connectivity index is 1.21. The first-order valence-electron chi connectivity index (χ1n) is 23.3. The maximum absolute atomic E-state index is 14.4. The first-order valence-corrected chi connectivity index (χ1v) is 23.3. The topological polar surface area (TPSA) is 167 Å². The van der Waals surface area contributed by atoms with Crippen LogP contribution in [0.25, 0.3) is 0 Å². The van der Waals surface area contributed by atoms with E-state index in [1.165, 1.54) is 0 Å². The summed E-state index contributed by atoms with van der Waals surface area (Å²) in [4.78, 5) is 19.8. The Hall–Kier alpha value is -2.27. The Morgan fingerprint density at radius 3 is 2.50 bits per heavy atom. The molecule has 4 fully saturated rings. The van der Waals surface area contributed by atoms with E-state index in [2.05, 4.69) is 52.8 Å². The van der Waals surface area contributed by atoms with Crippen molar-refractivity contribution in [1.82, 2.24) is 0 Å². The lowest BCUT2D eigenvalue weighted by molar-refractivity contribution is -0.300. The molecular formula is C49H75NO12. The van der Waals surface area contributed by atoms with E-state index in [9.17, 15) is 15.0 Å². The van der Waals surface area contributed by atoms with Crippen LogP contribution in [0.3, 0.4) is 0 Å². The maximum atomic E-state index is 14.4. The Morgan fingerprint density at radius 2 is 1.77 bits per heavy atom. The third kappa shape index (κ3) is 9.52. The van der Waals surface area contributed by atoms with Crippen molar-refractivity contribution in [3.63, 3.8) is 0 Å². The van der Waals surface area contributed by atoms with Gasteiger partial charge in [-0.3, -0.25) is 9.63 Å². The fourth-order valence-electron chi connectivity index (χ4n) is 11.8. The monoisotopic (exact) mass is 870 g/mol. The molecule has 6 heterocycles. The van der Waals surface area contributed by atoms with Crippen molar-refractivity contribution >= 4 is 5.97 Å². The smallest absolute Gasteiger partial charge is 0.316 e. The Morgan fingerprint density at radius 1 is 1.00 bits per heavy atom. The summed E-state index contributed by atoms with van der Waals surface area (Å²) >= 11 is 0. The van der Waals surface area contributed by atoms with Crippen LogP contribution in [0.2, 0.25) is 0 Å². The molecule has 0 aromatic carbocycles. The zero-order valence-electron chi connectivity index (χ0n) is 38.5. The number of esters is 1. The summed E-state index contributed by atoms with van der Waals surface area (Å²) in [5.74, 6) is 3.67. The minimum atomic E-state index is -1.80. The van der Waals surface area contributed by atoms with Gasteiger partial charge in [-0.25, -0.2) is 5.90 Å². The SMILES string of the molecule is CCC(C)[C@H]1O[C@]2(C=C[C@@H]1C)C[C@@H]1C[C@@H](C/C=C(\C)[C@@H](C3C[C@H](OC)C([C@H]4C[C@H](CCOC)C(ON)[C@H](C)O4)[C@H](C)O3)C/C=C/C=C3\CO[C@@H]4C(O)C(C)=C[C@@H](C(=O)O1)[C@]34O)O2. The Kier molecular flexibility index (Phi) is 15.4. The quantitative estimate of drug-likeness (QED) is 0.136. The lowest BCUT2D eigenvalue weighted by Gasteiger charge is -2.49. The summed E-state index contributed by atoms with van der Waals surface area (Å²) < 4.78 is 51.8. The van der Waals surface area contributed by atoms with Gasteiger partial charge in [-0.05, 0) is 82.4 Å². The lowest BCUT2D eigenvalue weighted by Crippen LogP contribution is -2.58. The molecule has 13 heteroatoms. The van der Waals surface area contributed by atoms with Gasteiger partial charge in [0, 0.05) is 57.8 Å². The van der Waals surface area contributed by atoms with Gasteiger partial charge in [0.05, 0.1) is 49.3 Å². The number of fused-ring (bicyclic) bond motifs is 2. The van der Waals surface area contributed by atoms with E-state index in [4.69, 9.17) is 48.6 Å². The van der Waals surface area contributed by atoms with E-state index in [0.717, 1.165) is 24.8 Å². The molecule has 6 aliphatic heterocycles. The fourth-order valence-corrected chi connectivity index (χ4v) is 11.8. The summed E-state index contributed by atoms with van der Waals surface area (Å²) in [5, 5.41) is 23.8. The number of methoxy groups -OCH3 is 2. The molecule has 0 aromatic rings. The third-order valence-corrected chi connectivity index (χ3v) is 15.5. The molecular weight excluding hydrogens is 795 g/mol. The molecule has 0 aromatic heterocycles. The van der Waals surface area contributed by atoms with Gasteiger partial charge in [-0.2, -0.15) is 0 Å². The van der Waals surface area contributed by atoms with E-state index in [1.54, 1.807) is 27.2 Å². The predicted octanol–water partition coefficient (Wildman–Crippen LogP) is 6.21. The number of aliphatic hydroxyl groups is 2. The van der Waals surface area contributed by atoms with E-state index >= 15 is 0 Å². The lowest BCUT2D eigenvalue weighted by atomic mass is 9.71. The highest BCUT2D eigenvalue weighted by molar-refractivity contribution is 5.78. The summed E-state index contributed by atoms with van der Waals surface area (Å²) in [6.45, 7) is 15.3. The minimum absolute atomic E-state index is 0.0113. The number of hydrogen-bond acceptors (Lipinski definition) is 13. The molecule has 13 nitrogen and oxygen atoms in total. The van der Waals surface area contributed by atoms with Crippen molar-refractivity contribution in [2.24, 2.45) is 41.4 Å². The Labute approximate surface area is 369 Å². The molecule has 1 spiro atoms. The first-order chi connectivity index (χ1) is 29.7. The second-order valence-corrected chi connectivity index (χ2v) is 19.5. The van der Waals surface area contributed by atoms with Crippen LogP contribution in [0.1, 0.15) is 99.8 Å². The van der Waals surface area contributed by atoms with Crippen LogP contribution >= 0.6 is 0 Å². The van der Waals surface area contributed by atoms with E-state index in [1.807, 2.05) is 25.2 Å². The summed E-state index contributed by atoms with van der Waals surface area (Å²) in [6.07, 6.45) is 15.1. The van der Waals surface area contributed by atoms with Gasteiger partial charge in [0.25, 0.3) is 0 Å². The van der Waals surface area contributed by atoms with E-state index in [0.29, 0.717) is 49.9 Å². The summed E-state index contributed by atoms with van der Waals surface area (Å²) in [6, 6.07) is 0. The van der Waals surface area contributed by atoms with Crippen LogP contribution < -0.4 is 5.90 Å². The highest BCUT2D eigenvalue weighted by Gasteiger charge is 2.60. The molecule has 62 heavy (non-hydrogen) atoms. The molecule has 0 radical (unpaired) electrons. The van der Waals surface area contributed by atoms with Gasteiger partial charge in [0.2, 0.25) is 0 Å². The number of aliphatic hydroxyl groups excluding tert-OH is 1. The number of carbonyl (C=O) groups excluding carboxylic acids is 1. The van der Waals surface area contributed by atoms with Crippen molar-refractivity contribution in [1.29, 1.82) is 0 Å².